The summed E-state index contributed by atoms with van der Waals surface area (Å²) in [5.41, 5.74) is 2.30. The highest BCUT2D eigenvalue weighted by Gasteiger charge is 2.00. The van der Waals surface area contributed by atoms with Gasteiger partial charge in [0.2, 0.25) is 0 Å². The maximum absolute atomic E-state index is 12.8. The summed E-state index contributed by atoms with van der Waals surface area (Å²) in [5.74, 6) is 0.670. The highest BCUT2D eigenvalue weighted by Crippen LogP contribution is 2.21. The Hall–Kier alpha value is -2.39. The Labute approximate surface area is 129 Å². The molecule has 0 radical (unpaired) electrons. The first-order valence-corrected chi connectivity index (χ1v) is 7.26. The Bertz CT molecular complexity index is 768. The monoisotopic (exact) mass is 295 g/mol. The molecule has 0 aliphatic carbocycles. The van der Waals surface area contributed by atoms with E-state index in [0.717, 1.165) is 24.4 Å². The van der Waals surface area contributed by atoms with Gasteiger partial charge in [-0.2, -0.15) is 0 Å². The SMILES string of the molecule is COc1ccc2cc(CNCc3ccc(F)cc3)ccc2c1. The Kier molecular flexibility index (Phi) is 4.35. The van der Waals surface area contributed by atoms with Crippen LogP contribution in [0.3, 0.4) is 0 Å². The third-order valence-corrected chi connectivity index (χ3v) is 3.68. The van der Waals surface area contributed by atoms with Gasteiger partial charge in [0, 0.05) is 13.1 Å². The van der Waals surface area contributed by atoms with E-state index in [-0.39, 0.29) is 5.82 Å². The Balaban J connectivity index is 1.65. The van der Waals surface area contributed by atoms with E-state index in [2.05, 4.69) is 29.6 Å². The third kappa shape index (κ3) is 3.43. The van der Waals surface area contributed by atoms with Crippen LogP contribution in [0.4, 0.5) is 4.39 Å². The summed E-state index contributed by atoms with van der Waals surface area (Å²) < 4.78 is 18.1. The van der Waals surface area contributed by atoms with Crippen molar-refractivity contribution in [1.29, 1.82) is 0 Å². The zero-order valence-corrected chi connectivity index (χ0v) is 12.5. The summed E-state index contributed by atoms with van der Waals surface area (Å²) in [4.78, 5) is 0. The van der Waals surface area contributed by atoms with Crippen LogP contribution in [0.1, 0.15) is 11.1 Å². The summed E-state index contributed by atoms with van der Waals surface area (Å²) in [6, 6.07) is 19.0. The van der Waals surface area contributed by atoms with Gasteiger partial charge in [-0.15, -0.1) is 0 Å². The van der Waals surface area contributed by atoms with Gasteiger partial charge in [0.25, 0.3) is 0 Å². The summed E-state index contributed by atoms with van der Waals surface area (Å²) in [6.07, 6.45) is 0. The highest BCUT2D eigenvalue weighted by molar-refractivity contribution is 5.84. The maximum atomic E-state index is 12.8. The number of hydrogen-bond acceptors (Lipinski definition) is 2. The van der Waals surface area contributed by atoms with Crippen molar-refractivity contribution < 1.29 is 9.13 Å². The van der Waals surface area contributed by atoms with E-state index >= 15 is 0 Å². The molecule has 0 unspecified atom stereocenters. The Morgan fingerprint density at radius 1 is 0.818 bits per heavy atom. The van der Waals surface area contributed by atoms with Gasteiger partial charge in [0.05, 0.1) is 7.11 Å². The van der Waals surface area contributed by atoms with Crippen molar-refractivity contribution in [2.24, 2.45) is 0 Å². The van der Waals surface area contributed by atoms with Crippen LogP contribution in [-0.4, -0.2) is 7.11 Å². The summed E-state index contributed by atoms with van der Waals surface area (Å²) in [7, 11) is 1.68. The van der Waals surface area contributed by atoms with Gasteiger partial charge < -0.3 is 10.1 Å². The van der Waals surface area contributed by atoms with E-state index in [1.807, 2.05) is 12.1 Å². The number of hydrogen-bond donors (Lipinski definition) is 1. The van der Waals surface area contributed by atoms with Crippen molar-refractivity contribution >= 4 is 10.8 Å². The molecule has 0 aliphatic rings. The number of halogens is 1. The Morgan fingerprint density at radius 2 is 1.45 bits per heavy atom. The first-order valence-electron chi connectivity index (χ1n) is 7.26. The van der Waals surface area contributed by atoms with E-state index in [4.69, 9.17) is 4.74 Å². The van der Waals surface area contributed by atoms with E-state index in [9.17, 15) is 4.39 Å². The lowest BCUT2D eigenvalue weighted by molar-refractivity contribution is 0.415. The molecule has 0 amide bonds. The average Bonchev–Trinajstić information content (AvgIpc) is 2.56. The zero-order valence-electron chi connectivity index (χ0n) is 12.5. The topological polar surface area (TPSA) is 21.3 Å². The molecule has 112 valence electrons. The molecule has 3 rings (SSSR count). The number of nitrogens with one attached hydrogen (secondary N) is 1. The van der Waals surface area contributed by atoms with Gasteiger partial charge in [-0.1, -0.05) is 30.3 Å². The summed E-state index contributed by atoms with van der Waals surface area (Å²) in [5, 5.41) is 5.74. The van der Waals surface area contributed by atoms with Crippen molar-refractivity contribution in [3.05, 3.63) is 77.6 Å². The van der Waals surface area contributed by atoms with E-state index in [1.54, 1.807) is 19.2 Å². The largest absolute Gasteiger partial charge is 0.497 e. The highest BCUT2D eigenvalue weighted by atomic mass is 19.1. The lowest BCUT2D eigenvalue weighted by atomic mass is 10.1. The van der Waals surface area contributed by atoms with E-state index in [0.29, 0.717) is 0 Å². The lowest BCUT2D eigenvalue weighted by Crippen LogP contribution is -2.12. The zero-order chi connectivity index (χ0) is 15.4. The van der Waals surface area contributed by atoms with Crippen LogP contribution in [0, 0.1) is 5.82 Å². The second-order valence-corrected chi connectivity index (χ2v) is 5.28. The van der Waals surface area contributed by atoms with Crippen LogP contribution in [0.5, 0.6) is 5.75 Å². The molecule has 0 atom stereocenters. The Morgan fingerprint density at radius 3 is 2.23 bits per heavy atom. The van der Waals surface area contributed by atoms with Crippen molar-refractivity contribution in [2.45, 2.75) is 13.1 Å². The smallest absolute Gasteiger partial charge is 0.123 e. The van der Waals surface area contributed by atoms with Crippen LogP contribution in [0.25, 0.3) is 10.8 Å². The summed E-state index contributed by atoms with van der Waals surface area (Å²) >= 11 is 0. The van der Waals surface area contributed by atoms with Gasteiger partial charge in [-0.25, -0.2) is 4.39 Å². The maximum Gasteiger partial charge on any atom is 0.123 e. The van der Waals surface area contributed by atoms with Gasteiger partial charge in [0.1, 0.15) is 11.6 Å². The summed E-state index contributed by atoms with van der Waals surface area (Å²) in [6.45, 7) is 1.50. The molecule has 0 aromatic heterocycles. The van der Waals surface area contributed by atoms with Crippen LogP contribution in [0.2, 0.25) is 0 Å². The standard InChI is InChI=1S/C19H18FNO/c1-22-19-9-6-16-10-15(2-5-17(16)11-19)13-21-12-14-3-7-18(20)8-4-14/h2-11,21H,12-13H2,1H3. The predicted molar refractivity (Wildman–Crippen MR) is 87.4 cm³/mol. The molecule has 0 heterocycles. The van der Waals surface area contributed by atoms with Crippen molar-refractivity contribution in [3.8, 4) is 5.75 Å². The van der Waals surface area contributed by atoms with Crippen LogP contribution in [0.15, 0.2) is 60.7 Å². The second-order valence-electron chi connectivity index (χ2n) is 5.28. The number of ether oxygens (including phenoxy) is 1. The fourth-order valence-electron chi connectivity index (χ4n) is 2.46. The number of methoxy groups -OCH3 is 1. The molecular weight excluding hydrogens is 277 g/mol. The van der Waals surface area contributed by atoms with Gasteiger partial charge in [-0.3, -0.25) is 0 Å². The predicted octanol–water partition coefficient (Wildman–Crippen LogP) is 4.28. The van der Waals surface area contributed by atoms with Crippen LogP contribution in [-0.2, 0) is 13.1 Å². The lowest BCUT2D eigenvalue weighted by Gasteiger charge is -2.07. The van der Waals surface area contributed by atoms with E-state index in [1.165, 1.54) is 28.5 Å². The fourth-order valence-corrected chi connectivity index (χ4v) is 2.46. The van der Waals surface area contributed by atoms with Crippen molar-refractivity contribution in [1.82, 2.24) is 5.32 Å². The molecule has 0 aliphatic heterocycles. The average molecular weight is 295 g/mol. The molecule has 0 saturated carbocycles. The first-order chi connectivity index (χ1) is 10.7. The van der Waals surface area contributed by atoms with E-state index < -0.39 is 0 Å². The molecule has 3 aromatic carbocycles. The minimum absolute atomic E-state index is 0.200. The minimum atomic E-state index is -0.200. The van der Waals surface area contributed by atoms with Gasteiger partial charge >= 0.3 is 0 Å². The normalized spacial score (nSPS) is 10.8. The molecule has 3 aromatic rings. The minimum Gasteiger partial charge on any atom is -0.497 e. The second kappa shape index (κ2) is 6.58. The molecule has 2 nitrogen and oxygen atoms in total. The molecule has 0 bridgehead atoms. The van der Waals surface area contributed by atoms with Crippen LogP contribution >= 0.6 is 0 Å². The molecule has 3 heteroatoms. The first kappa shape index (κ1) is 14.5. The molecule has 22 heavy (non-hydrogen) atoms. The molecule has 0 saturated heterocycles. The third-order valence-electron chi connectivity index (χ3n) is 3.68. The van der Waals surface area contributed by atoms with Crippen LogP contribution < -0.4 is 10.1 Å². The molecular formula is C19H18FNO. The van der Waals surface area contributed by atoms with Gasteiger partial charge in [0.15, 0.2) is 0 Å². The quantitative estimate of drug-likeness (QED) is 0.758. The van der Waals surface area contributed by atoms with Crippen molar-refractivity contribution in [3.63, 3.8) is 0 Å². The van der Waals surface area contributed by atoms with Gasteiger partial charge in [-0.05, 0) is 52.2 Å². The number of benzene rings is 3. The molecule has 0 fully saturated rings. The number of rotatable bonds is 5. The number of fused-ring (bicyclic) bond motifs is 1. The molecule has 0 spiro atoms. The van der Waals surface area contributed by atoms with Crippen molar-refractivity contribution in [2.75, 3.05) is 7.11 Å². The molecule has 1 N–H and O–H groups in total. The fraction of sp³-hybridized carbons (Fsp3) is 0.158.